The minimum Gasteiger partial charge on any atom is -0.331 e. The summed E-state index contributed by atoms with van der Waals surface area (Å²) in [7, 11) is 0. The second-order valence-electron chi connectivity index (χ2n) is 8.59. The van der Waals surface area contributed by atoms with Gasteiger partial charge in [-0.3, -0.25) is 14.6 Å². The highest BCUT2D eigenvalue weighted by molar-refractivity contribution is 5.99. The highest BCUT2D eigenvalue weighted by Gasteiger charge is 2.34. The van der Waals surface area contributed by atoms with Crippen molar-refractivity contribution in [2.24, 2.45) is 5.92 Å². The van der Waals surface area contributed by atoms with E-state index in [0.717, 1.165) is 23.3 Å². The van der Waals surface area contributed by atoms with E-state index in [0.29, 0.717) is 19.4 Å². The Morgan fingerprint density at radius 2 is 1.80 bits per heavy atom. The Labute approximate surface area is 202 Å². The van der Waals surface area contributed by atoms with E-state index in [2.05, 4.69) is 4.98 Å². The van der Waals surface area contributed by atoms with Gasteiger partial charge in [0.05, 0.1) is 11.6 Å². The quantitative estimate of drug-likeness (QED) is 0.306. The first kappa shape index (κ1) is 24.4. The van der Waals surface area contributed by atoms with Crippen molar-refractivity contribution in [1.82, 2.24) is 9.88 Å². The Balaban J connectivity index is 1.62. The molecule has 0 aliphatic carbocycles. The maximum atomic E-state index is 13.8. The molecule has 3 aromatic rings. The molecule has 2 unspecified atom stereocenters. The standard InChI is InChI=1S/C28H25F3N2O2/c29-28(30,31)24-12-6-10-21(17-24)26(34)18-23(16-20-8-2-1-3-9-20)27(35)33-15-5-4-13-25(33)22-11-7-14-32-19-22/h1-12,14,17,19,23,25H,13,15-16,18H2. The van der Waals surface area contributed by atoms with E-state index in [-0.39, 0.29) is 23.9 Å². The number of nitrogens with zero attached hydrogens (tertiary/aromatic N) is 2. The Morgan fingerprint density at radius 1 is 1.00 bits per heavy atom. The number of Topliss-reactive ketones (excluding diaryl/α,β-unsaturated/α-hetero) is 1. The fourth-order valence-electron chi connectivity index (χ4n) is 4.39. The van der Waals surface area contributed by atoms with Crippen LogP contribution in [0.4, 0.5) is 13.2 Å². The van der Waals surface area contributed by atoms with Crippen LogP contribution in [0.15, 0.2) is 91.3 Å². The van der Waals surface area contributed by atoms with Crippen LogP contribution in [0.5, 0.6) is 0 Å². The number of hydrogen-bond donors (Lipinski definition) is 0. The van der Waals surface area contributed by atoms with Crippen molar-refractivity contribution in [2.75, 3.05) is 6.54 Å². The van der Waals surface area contributed by atoms with E-state index in [1.807, 2.05) is 54.6 Å². The van der Waals surface area contributed by atoms with Crippen LogP contribution >= 0.6 is 0 Å². The largest absolute Gasteiger partial charge is 0.416 e. The summed E-state index contributed by atoms with van der Waals surface area (Å²) < 4.78 is 39.5. The molecule has 4 rings (SSSR count). The van der Waals surface area contributed by atoms with E-state index in [1.54, 1.807) is 17.3 Å². The minimum atomic E-state index is -4.55. The summed E-state index contributed by atoms with van der Waals surface area (Å²) in [5.41, 5.74) is 0.848. The molecule has 1 aromatic heterocycles. The molecule has 2 aromatic carbocycles. The molecule has 1 aliphatic rings. The van der Waals surface area contributed by atoms with Crippen LogP contribution in [0.25, 0.3) is 0 Å². The van der Waals surface area contributed by atoms with Crippen molar-refractivity contribution < 1.29 is 22.8 Å². The van der Waals surface area contributed by atoms with Gasteiger partial charge in [-0.1, -0.05) is 60.7 Å². The molecule has 1 amide bonds. The number of hydrogen-bond acceptors (Lipinski definition) is 3. The van der Waals surface area contributed by atoms with Crippen molar-refractivity contribution in [3.63, 3.8) is 0 Å². The molecule has 0 radical (unpaired) electrons. The van der Waals surface area contributed by atoms with E-state index < -0.39 is 23.4 Å². The molecule has 4 nitrogen and oxygen atoms in total. The van der Waals surface area contributed by atoms with E-state index in [4.69, 9.17) is 0 Å². The van der Waals surface area contributed by atoms with Gasteiger partial charge in [0.15, 0.2) is 5.78 Å². The summed E-state index contributed by atoms with van der Waals surface area (Å²) in [4.78, 5) is 32.8. The van der Waals surface area contributed by atoms with Crippen molar-refractivity contribution in [1.29, 1.82) is 0 Å². The lowest BCUT2D eigenvalue weighted by atomic mass is 9.89. The predicted octanol–water partition coefficient (Wildman–Crippen LogP) is 6.06. The third kappa shape index (κ3) is 6.04. The van der Waals surface area contributed by atoms with Gasteiger partial charge in [-0.05, 0) is 42.2 Å². The summed E-state index contributed by atoms with van der Waals surface area (Å²) in [6.07, 6.45) is 3.52. The fourth-order valence-corrected chi connectivity index (χ4v) is 4.39. The normalized spacial score (nSPS) is 16.7. The fraction of sp³-hybridized carbons (Fsp3) is 0.250. The molecular formula is C28H25F3N2O2. The number of benzene rings is 2. The average Bonchev–Trinajstić information content (AvgIpc) is 2.88. The molecule has 0 fully saturated rings. The van der Waals surface area contributed by atoms with Crippen LogP contribution in [0, 0.1) is 5.92 Å². The van der Waals surface area contributed by atoms with Crippen LogP contribution < -0.4 is 0 Å². The van der Waals surface area contributed by atoms with Gasteiger partial charge in [-0.25, -0.2) is 0 Å². The van der Waals surface area contributed by atoms with Gasteiger partial charge in [0.25, 0.3) is 0 Å². The Hall–Kier alpha value is -3.74. The van der Waals surface area contributed by atoms with Gasteiger partial charge in [-0.2, -0.15) is 13.2 Å². The molecule has 35 heavy (non-hydrogen) atoms. The van der Waals surface area contributed by atoms with Gasteiger partial charge in [0.2, 0.25) is 5.91 Å². The van der Waals surface area contributed by atoms with Gasteiger partial charge in [0.1, 0.15) is 0 Å². The predicted molar refractivity (Wildman–Crippen MR) is 126 cm³/mol. The van der Waals surface area contributed by atoms with Crippen molar-refractivity contribution in [3.05, 3.63) is 114 Å². The van der Waals surface area contributed by atoms with Crippen LogP contribution in [-0.4, -0.2) is 28.1 Å². The molecule has 1 aliphatic heterocycles. The van der Waals surface area contributed by atoms with Crippen molar-refractivity contribution in [2.45, 2.75) is 31.5 Å². The van der Waals surface area contributed by atoms with E-state index >= 15 is 0 Å². The van der Waals surface area contributed by atoms with Gasteiger partial charge >= 0.3 is 6.18 Å². The molecule has 2 atom stereocenters. The number of alkyl halides is 3. The zero-order valence-electron chi connectivity index (χ0n) is 19.0. The maximum absolute atomic E-state index is 13.8. The third-order valence-corrected chi connectivity index (χ3v) is 6.17. The molecule has 0 spiro atoms. The van der Waals surface area contributed by atoms with Gasteiger partial charge < -0.3 is 4.90 Å². The molecule has 180 valence electrons. The van der Waals surface area contributed by atoms with Gasteiger partial charge in [-0.15, -0.1) is 0 Å². The van der Waals surface area contributed by atoms with Crippen molar-refractivity contribution >= 4 is 11.7 Å². The van der Waals surface area contributed by atoms with Crippen LogP contribution in [0.1, 0.15) is 45.9 Å². The van der Waals surface area contributed by atoms with E-state index in [1.165, 1.54) is 12.1 Å². The zero-order chi connectivity index (χ0) is 24.8. The summed E-state index contributed by atoms with van der Waals surface area (Å²) in [6.45, 7) is 0.390. The number of halogens is 3. The first-order valence-electron chi connectivity index (χ1n) is 11.4. The number of amides is 1. The second-order valence-corrected chi connectivity index (χ2v) is 8.59. The van der Waals surface area contributed by atoms with Crippen LogP contribution in [0.2, 0.25) is 0 Å². The number of carbonyl (C=O) groups excluding carboxylic acids is 2. The molecule has 0 saturated carbocycles. The summed E-state index contributed by atoms with van der Waals surface area (Å²) in [5.74, 6) is -1.41. The Morgan fingerprint density at radius 3 is 2.51 bits per heavy atom. The monoisotopic (exact) mass is 478 g/mol. The number of ketones is 1. The SMILES string of the molecule is O=C(CC(Cc1ccccc1)C(=O)N1CC=CCC1c1cccnc1)c1cccc(C(F)(F)F)c1. The molecule has 0 N–H and O–H groups in total. The topological polar surface area (TPSA) is 50.3 Å². The molecular weight excluding hydrogens is 453 g/mol. The molecule has 0 bridgehead atoms. The number of pyridine rings is 1. The lowest BCUT2D eigenvalue weighted by molar-refractivity contribution is -0.138. The number of rotatable bonds is 7. The number of carbonyl (C=O) groups is 2. The summed E-state index contributed by atoms with van der Waals surface area (Å²) >= 11 is 0. The molecule has 0 saturated heterocycles. The maximum Gasteiger partial charge on any atom is 0.416 e. The molecule has 7 heteroatoms. The van der Waals surface area contributed by atoms with E-state index in [9.17, 15) is 22.8 Å². The highest BCUT2D eigenvalue weighted by atomic mass is 19.4. The smallest absolute Gasteiger partial charge is 0.331 e. The zero-order valence-corrected chi connectivity index (χ0v) is 19.0. The van der Waals surface area contributed by atoms with Crippen molar-refractivity contribution in [3.8, 4) is 0 Å². The Bertz CT molecular complexity index is 1190. The van der Waals surface area contributed by atoms with Crippen LogP contribution in [-0.2, 0) is 17.4 Å². The Kier molecular flexibility index (Phi) is 7.44. The van der Waals surface area contributed by atoms with Gasteiger partial charge in [0, 0.05) is 36.8 Å². The first-order chi connectivity index (χ1) is 16.8. The minimum absolute atomic E-state index is 0.0481. The highest BCUT2D eigenvalue weighted by Crippen LogP contribution is 2.32. The third-order valence-electron chi connectivity index (χ3n) is 6.17. The summed E-state index contributed by atoms with van der Waals surface area (Å²) in [6, 6.07) is 17.2. The summed E-state index contributed by atoms with van der Waals surface area (Å²) in [5, 5.41) is 0. The lowest BCUT2D eigenvalue weighted by Crippen LogP contribution is -2.42. The van der Waals surface area contributed by atoms with Crippen LogP contribution in [0.3, 0.4) is 0 Å². The molecule has 2 heterocycles. The first-order valence-corrected chi connectivity index (χ1v) is 11.4. The lowest BCUT2D eigenvalue weighted by Gasteiger charge is -2.35. The average molecular weight is 479 g/mol. The second kappa shape index (κ2) is 10.7. The number of aromatic nitrogens is 1.